The van der Waals surface area contributed by atoms with E-state index in [2.05, 4.69) is 11.8 Å². The zero-order valence-electron chi connectivity index (χ0n) is 11.3. The molecule has 2 nitrogen and oxygen atoms in total. The molecule has 0 aliphatic carbocycles. The van der Waals surface area contributed by atoms with Gasteiger partial charge in [0, 0.05) is 18.1 Å². The van der Waals surface area contributed by atoms with Crippen LogP contribution in [-0.4, -0.2) is 11.7 Å². The highest BCUT2D eigenvalue weighted by Crippen LogP contribution is 2.26. The highest BCUT2D eigenvalue weighted by atomic mass is 35.5. The number of ether oxygens (including phenoxy) is 1. The summed E-state index contributed by atoms with van der Waals surface area (Å²) in [6, 6.07) is 13.0. The summed E-state index contributed by atoms with van der Waals surface area (Å²) in [7, 11) is 0. The molecule has 108 valence electrons. The normalized spacial score (nSPS) is 9.86. The second kappa shape index (κ2) is 7.95. The molecular weight excluding hydrogens is 307 g/mol. The molecule has 0 saturated carbocycles. The van der Waals surface area contributed by atoms with E-state index in [-0.39, 0.29) is 6.61 Å². The van der Waals surface area contributed by atoms with Crippen molar-refractivity contribution in [3.8, 4) is 17.6 Å². The first-order chi connectivity index (χ1) is 10.2. The van der Waals surface area contributed by atoms with Crippen LogP contribution in [0.25, 0.3) is 0 Å². The Balaban J connectivity index is 1.94. The summed E-state index contributed by atoms with van der Waals surface area (Å²) < 4.78 is 5.65. The van der Waals surface area contributed by atoms with E-state index in [9.17, 15) is 0 Å². The number of aliphatic hydroxyl groups excluding tert-OH is 1. The topological polar surface area (TPSA) is 29.5 Å². The summed E-state index contributed by atoms with van der Waals surface area (Å²) in [4.78, 5) is 0. The van der Waals surface area contributed by atoms with Crippen molar-refractivity contribution >= 4 is 23.2 Å². The Morgan fingerprint density at radius 2 is 1.76 bits per heavy atom. The van der Waals surface area contributed by atoms with E-state index in [1.165, 1.54) is 0 Å². The van der Waals surface area contributed by atoms with Crippen LogP contribution in [0.15, 0.2) is 42.5 Å². The van der Waals surface area contributed by atoms with E-state index >= 15 is 0 Å². The summed E-state index contributed by atoms with van der Waals surface area (Å²) in [5, 5.41) is 9.65. The van der Waals surface area contributed by atoms with E-state index in [1.54, 1.807) is 18.2 Å². The van der Waals surface area contributed by atoms with Crippen LogP contribution >= 0.6 is 23.2 Å². The fourth-order valence-corrected chi connectivity index (χ4v) is 1.93. The molecule has 4 heteroatoms. The Kier molecular flexibility index (Phi) is 5.95. The molecule has 0 fully saturated rings. The lowest BCUT2D eigenvalue weighted by Crippen LogP contribution is -1.95. The second-order valence-electron chi connectivity index (χ2n) is 4.34. The average Bonchev–Trinajstić information content (AvgIpc) is 2.50. The first-order valence-electron chi connectivity index (χ1n) is 6.45. The van der Waals surface area contributed by atoms with Gasteiger partial charge < -0.3 is 9.84 Å². The van der Waals surface area contributed by atoms with Crippen molar-refractivity contribution in [2.45, 2.75) is 13.0 Å². The molecule has 0 heterocycles. The van der Waals surface area contributed by atoms with E-state index in [4.69, 9.17) is 33.0 Å². The van der Waals surface area contributed by atoms with Gasteiger partial charge in [-0.3, -0.25) is 0 Å². The van der Waals surface area contributed by atoms with Crippen LogP contribution in [-0.2, 0) is 6.61 Å². The maximum atomic E-state index is 8.67. The number of halogens is 2. The summed E-state index contributed by atoms with van der Waals surface area (Å²) in [6.45, 7) is 0.533. The molecule has 0 unspecified atom stereocenters. The van der Waals surface area contributed by atoms with Crippen LogP contribution < -0.4 is 4.74 Å². The van der Waals surface area contributed by atoms with Gasteiger partial charge in [0.25, 0.3) is 0 Å². The van der Waals surface area contributed by atoms with Crippen LogP contribution in [0.4, 0.5) is 0 Å². The molecule has 21 heavy (non-hydrogen) atoms. The van der Waals surface area contributed by atoms with Gasteiger partial charge in [0.2, 0.25) is 0 Å². The molecule has 2 aromatic rings. The van der Waals surface area contributed by atoms with Crippen LogP contribution in [0.2, 0.25) is 10.0 Å². The predicted octanol–water partition coefficient (Wildman–Crippen LogP) is 4.31. The Labute approximate surface area is 134 Å². The number of rotatable bonds is 4. The van der Waals surface area contributed by atoms with Crippen molar-refractivity contribution in [2.75, 3.05) is 6.61 Å². The minimum atomic E-state index is 0.0859. The molecular formula is C17H14Cl2O2. The van der Waals surface area contributed by atoms with Gasteiger partial charge >= 0.3 is 0 Å². The minimum absolute atomic E-state index is 0.0859. The summed E-state index contributed by atoms with van der Waals surface area (Å²) >= 11 is 11.8. The number of benzene rings is 2. The van der Waals surface area contributed by atoms with Gasteiger partial charge in [0.05, 0.1) is 16.7 Å². The largest absolute Gasteiger partial charge is 0.489 e. The highest BCUT2D eigenvalue weighted by molar-refractivity contribution is 6.42. The molecule has 2 aromatic carbocycles. The molecule has 0 radical (unpaired) electrons. The van der Waals surface area contributed by atoms with Crippen molar-refractivity contribution < 1.29 is 9.84 Å². The second-order valence-corrected chi connectivity index (χ2v) is 5.15. The third kappa shape index (κ3) is 4.99. The summed E-state index contributed by atoms with van der Waals surface area (Å²) in [6.07, 6.45) is 0.488. The third-order valence-electron chi connectivity index (χ3n) is 2.72. The Bertz CT molecular complexity index is 655. The van der Waals surface area contributed by atoms with Crippen LogP contribution in [0, 0.1) is 11.8 Å². The van der Waals surface area contributed by atoms with Crippen molar-refractivity contribution in [3.63, 3.8) is 0 Å². The molecule has 0 aliphatic heterocycles. The molecule has 2 rings (SSSR count). The van der Waals surface area contributed by atoms with E-state index in [1.807, 2.05) is 24.3 Å². The minimum Gasteiger partial charge on any atom is -0.489 e. The van der Waals surface area contributed by atoms with Gasteiger partial charge in [-0.2, -0.15) is 0 Å². The van der Waals surface area contributed by atoms with Gasteiger partial charge in [0.15, 0.2) is 0 Å². The molecule has 0 amide bonds. The number of aliphatic hydroxyl groups is 1. The number of hydrogen-bond donors (Lipinski definition) is 1. The van der Waals surface area contributed by atoms with Crippen molar-refractivity contribution in [1.82, 2.24) is 0 Å². The highest BCUT2D eigenvalue weighted by Gasteiger charge is 2.01. The maximum absolute atomic E-state index is 8.67. The first-order valence-corrected chi connectivity index (χ1v) is 7.21. The van der Waals surface area contributed by atoms with E-state index in [0.29, 0.717) is 28.8 Å². The molecule has 0 aliphatic rings. The van der Waals surface area contributed by atoms with Crippen LogP contribution in [0.3, 0.4) is 0 Å². The monoisotopic (exact) mass is 320 g/mol. The quantitative estimate of drug-likeness (QED) is 0.851. The molecule has 1 N–H and O–H groups in total. The molecule has 0 bridgehead atoms. The SMILES string of the molecule is OCCC#Cc1ccc(COc2ccc(Cl)c(Cl)c2)cc1. The van der Waals surface area contributed by atoms with Crippen LogP contribution in [0.1, 0.15) is 17.5 Å². The fraction of sp³-hybridized carbons (Fsp3) is 0.176. The summed E-state index contributed by atoms with van der Waals surface area (Å²) in [5.74, 6) is 6.54. The standard InChI is InChI=1S/C17H14Cl2O2/c18-16-9-8-15(11-17(16)19)21-12-14-6-4-13(5-7-14)3-1-2-10-20/h4-9,11,20H,2,10,12H2. The molecule has 0 aromatic heterocycles. The molecule has 0 saturated heterocycles. The molecule has 0 atom stereocenters. The lowest BCUT2D eigenvalue weighted by molar-refractivity contribution is 0.305. The molecule has 0 spiro atoms. The van der Waals surface area contributed by atoms with Gasteiger partial charge in [-0.25, -0.2) is 0 Å². The van der Waals surface area contributed by atoms with Gasteiger partial charge in [-0.1, -0.05) is 47.2 Å². The summed E-state index contributed by atoms with van der Waals surface area (Å²) in [5.41, 5.74) is 1.95. The maximum Gasteiger partial charge on any atom is 0.121 e. The van der Waals surface area contributed by atoms with Crippen molar-refractivity contribution in [1.29, 1.82) is 0 Å². The Morgan fingerprint density at radius 1 is 1.00 bits per heavy atom. The Hall–Kier alpha value is -1.66. The zero-order chi connectivity index (χ0) is 15.1. The van der Waals surface area contributed by atoms with Crippen molar-refractivity contribution in [3.05, 3.63) is 63.6 Å². The zero-order valence-corrected chi connectivity index (χ0v) is 12.8. The van der Waals surface area contributed by atoms with E-state index in [0.717, 1.165) is 11.1 Å². The van der Waals surface area contributed by atoms with Gasteiger partial charge in [-0.15, -0.1) is 0 Å². The van der Waals surface area contributed by atoms with E-state index < -0.39 is 0 Å². The first kappa shape index (κ1) is 15.7. The lowest BCUT2D eigenvalue weighted by atomic mass is 10.1. The average molecular weight is 321 g/mol. The smallest absolute Gasteiger partial charge is 0.121 e. The van der Waals surface area contributed by atoms with Gasteiger partial charge in [-0.05, 0) is 29.8 Å². The number of hydrogen-bond acceptors (Lipinski definition) is 2. The third-order valence-corrected chi connectivity index (χ3v) is 3.46. The Morgan fingerprint density at radius 3 is 2.43 bits per heavy atom. The van der Waals surface area contributed by atoms with Crippen LogP contribution in [0.5, 0.6) is 5.75 Å². The van der Waals surface area contributed by atoms with Crippen molar-refractivity contribution in [2.24, 2.45) is 0 Å². The fourth-order valence-electron chi connectivity index (χ4n) is 1.64. The van der Waals surface area contributed by atoms with Gasteiger partial charge in [0.1, 0.15) is 12.4 Å². The predicted molar refractivity (Wildman–Crippen MR) is 85.8 cm³/mol. The lowest BCUT2D eigenvalue weighted by Gasteiger charge is -2.07.